The van der Waals surface area contributed by atoms with Crippen LogP contribution in [0.15, 0.2) is 59.6 Å². The number of nitrogens with one attached hydrogen (secondary N) is 1. The van der Waals surface area contributed by atoms with Crippen LogP contribution in [0.2, 0.25) is 0 Å². The highest BCUT2D eigenvalue weighted by atomic mass is 16.2. The van der Waals surface area contributed by atoms with E-state index in [0.29, 0.717) is 30.3 Å². The predicted octanol–water partition coefficient (Wildman–Crippen LogP) is 4.62. The predicted molar refractivity (Wildman–Crippen MR) is 129 cm³/mol. The molecule has 1 N–H and O–H groups in total. The van der Waals surface area contributed by atoms with E-state index >= 15 is 0 Å². The molecule has 1 amide bonds. The van der Waals surface area contributed by atoms with Crippen molar-refractivity contribution in [2.75, 3.05) is 6.54 Å². The number of nitrogens with zero attached hydrogens (tertiary/aromatic N) is 2. The van der Waals surface area contributed by atoms with Gasteiger partial charge in [-0.1, -0.05) is 74.0 Å². The van der Waals surface area contributed by atoms with Crippen LogP contribution >= 0.6 is 0 Å². The van der Waals surface area contributed by atoms with Crippen LogP contribution in [-0.4, -0.2) is 35.1 Å². The number of carbonyl (C=O) groups is 1. The van der Waals surface area contributed by atoms with Gasteiger partial charge in [0.05, 0.1) is 0 Å². The molecule has 4 nitrogen and oxygen atoms in total. The highest BCUT2D eigenvalue weighted by Crippen LogP contribution is 2.54. The fraction of sp³-hybridized carbons (Fsp3) is 0.500. The van der Waals surface area contributed by atoms with Crippen molar-refractivity contribution in [1.82, 2.24) is 10.2 Å². The Morgan fingerprint density at radius 3 is 2.59 bits per heavy atom. The van der Waals surface area contributed by atoms with E-state index in [2.05, 4.69) is 73.6 Å². The Morgan fingerprint density at radius 2 is 1.88 bits per heavy atom. The third kappa shape index (κ3) is 3.79. The molecule has 5 unspecified atom stereocenters. The van der Waals surface area contributed by atoms with E-state index < -0.39 is 5.54 Å². The van der Waals surface area contributed by atoms with Crippen LogP contribution in [0.3, 0.4) is 0 Å². The summed E-state index contributed by atoms with van der Waals surface area (Å²) < 4.78 is 0. The minimum atomic E-state index is -0.620. The standard InChI is InChI=1S/C28H35N3O/c1-19(2)13-25-26-24-16-30-28(25,27(32)29-15-21-7-5-4-6-8-21)14-23(24)18-31(26)17-22-11-9-20(3)10-12-22/h4-12,16,19,23-26H,13-15,17-18H2,1-3H3,(H,29,32). The highest BCUT2D eigenvalue weighted by Gasteiger charge is 2.63. The molecular formula is C28H35N3O. The van der Waals surface area contributed by atoms with Crippen LogP contribution in [0, 0.1) is 30.6 Å². The zero-order valence-electron chi connectivity index (χ0n) is 19.5. The summed E-state index contributed by atoms with van der Waals surface area (Å²) in [7, 11) is 0. The summed E-state index contributed by atoms with van der Waals surface area (Å²) >= 11 is 0. The number of rotatable bonds is 7. The lowest BCUT2D eigenvalue weighted by molar-refractivity contribution is -0.132. The Morgan fingerprint density at radius 1 is 1.12 bits per heavy atom. The van der Waals surface area contributed by atoms with Gasteiger partial charge in [0.2, 0.25) is 5.91 Å². The topological polar surface area (TPSA) is 44.7 Å². The first kappa shape index (κ1) is 21.4. The molecule has 6 rings (SSSR count). The van der Waals surface area contributed by atoms with E-state index in [1.807, 2.05) is 18.2 Å². The molecule has 0 aromatic heterocycles. The van der Waals surface area contributed by atoms with E-state index in [1.165, 1.54) is 11.1 Å². The maximum absolute atomic E-state index is 13.7. The lowest BCUT2D eigenvalue weighted by Gasteiger charge is -2.51. The van der Waals surface area contributed by atoms with E-state index in [-0.39, 0.29) is 11.8 Å². The van der Waals surface area contributed by atoms with Crippen LogP contribution in [-0.2, 0) is 17.9 Å². The number of likely N-dealkylation sites (tertiary alicyclic amines) is 1. The van der Waals surface area contributed by atoms with Gasteiger partial charge in [-0.05, 0) is 42.7 Å². The molecule has 4 heteroatoms. The second-order valence-corrected chi connectivity index (χ2v) is 10.6. The Bertz CT molecular complexity index is 983. The number of benzene rings is 2. The summed E-state index contributed by atoms with van der Waals surface area (Å²) in [6.45, 7) is 9.28. The van der Waals surface area contributed by atoms with E-state index in [1.54, 1.807) is 0 Å². The molecule has 2 aromatic carbocycles. The molecule has 3 heterocycles. The van der Waals surface area contributed by atoms with Crippen LogP contribution < -0.4 is 5.32 Å². The number of hydrogen-bond donors (Lipinski definition) is 1. The van der Waals surface area contributed by atoms with E-state index in [9.17, 15) is 4.79 Å². The van der Waals surface area contributed by atoms with E-state index in [0.717, 1.165) is 31.5 Å². The number of aryl methyl sites for hydroxylation is 1. The van der Waals surface area contributed by atoms with Gasteiger partial charge in [0, 0.05) is 43.7 Å². The molecule has 32 heavy (non-hydrogen) atoms. The van der Waals surface area contributed by atoms with Crippen molar-refractivity contribution in [3.63, 3.8) is 0 Å². The van der Waals surface area contributed by atoms with Gasteiger partial charge in [-0.3, -0.25) is 14.7 Å². The Kier molecular flexibility index (Phi) is 5.66. The van der Waals surface area contributed by atoms with Gasteiger partial charge < -0.3 is 5.32 Å². The van der Waals surface area contributed by atoms with E-state index in [4.69, 9.17) is 4.99 Å². The summed E-state index contributed by atoms with van der Waals surface area (Å²) in [4.78, 5) is 21.4. The van der Waals surface area contributed by atoms with Crippen molar-refractivity contribution in [3.8, 4) is 0 Å². The first-order valence-corrected chi connectivity index (χ1v) is 12.1. The van der Waals surface area contributed by atoms with Gasteiger partial charge in [0.25, 0.3) is 0 Å². The quantitative estimate of drug-likeness (QED) is 0.698. The number of aliphatic imine (C=N–C) groups is 1. The summed E-state index contributed by atoms with van der Waals surface area (Å²) in [6, 6.07) is 19.5. The van der Waals surface area contributed by atoms with Gasteiger partial charge in [-0.15, -0.1) is 0 Å². The fourth-order valence-corrected chi connectivity index (χ4v) is 6.39. The fourth-order valence-electron chi connectivity index (χ4n) is 6.39. The smallest absolute Gasteiger partial charge is 0.248 e. The third-order valence-electron chi connectivity index (χ3n) is 7.83. The molecule has 5 atom stereocenters. The monoisotopic (exact) mass is 429 g/mol. The third-order valence-corrected chi connectivity index (χ3v) is 7.83. The molecule has 0 radical (unpaired) electrons. The molecule has 4 aliphatic rings. The maximum Gasteiger partial charge on any atom is 0.248 e. The Balaban J connectivity index is 1.41. The molecule has 1 saturated heterocycles. The highest BCUT2D eigenvalue weighted by molar-refractivity contribution is 5.91. The van der Waals surface area contributed by atoms with Gasteiger partial charge >= 0.3 is 0 Å². The van der Waals surface area contributed by atoms with Crippen LogP contribution in [0.25, 0.3) is 0 Å². The molecule has 1 aliphatic carbocycles. The first-order chi connectivity index (χ1) is 15.5. The van der Waals surface area contributed by atoms with Crippen molar-refractivity contribution < 1.29 is 4.79 Å². The molecule has 3 aliphatic heterocycles. The van der Waals surface area contributed by atoms with Crippen molar-refractivity contribution in [3.05, 3.63) is 71.3 Å². The Labute approximate surface area is 192 Å². The van der Waals surface area contributed by atoms with Crippen LogP contribution in [0.1, 0.15) is 43.4 Å². The number of amides is 1. The number of hydrogen-bond acceptors (Lipinski definition) is 3. The second-order valence-electron chi connectivity index (χ2n) is 10.6. The molecular weight excluding hydrogens is 394 g/mol. The maximum atomic E-state index is 13.7. The van der Waals surface area contributed by atoms with Crippen molar-refractivity contribution in [2.24, 2.45) is 28.7 Å². The van der Waals surface area contributed by atoms with Gasteiger partial charge in [0.1, 0.15) is 5.54 Å². The summed E-state index contributed by atoms with van der Waals surface area (Å²) in [6.07, 6.45) is 4.06. The summed E-state index contributed by atoms with van der Waals surface area (Å²) in [5.41, 5.74) is 3.18. The normalized spacial score (nSPS) is 30.8. The lowest BCUT2D eigenvalue weighted by Crippen LogP contribution is -2.63. The van der Waals surface area contributed by atoms with Crippen LogP contribution in [0.4, 0.5) is 0 Å². The molecule has 2 fully saturated rings. The van der Waals surface area contributed by atoms with Gasteiger partial charge in [-0.25, -0.2) is 0 Å². The molecule has 1 saturated carbocycles. The lowest BCUT2D eigenvalue weighted by atomic mass is 9.59. The summed E-state index contributed by atoms with van der Waals surface area (Å²) in [5, 5.41) is 3.26. The average molecular weight is 430 g/mol. The Hall–Kier alpha value is -2.46. The minimum Gasteiger partial charge on any atom is -0.350 e. The minimum absolute atomic E-state index is 0.119. The molecule has 4 bridgehead atoms. The van der Waals surface area contributed by atoms with Crippen molar-refractivity contribution in [1.29, 1.82) is 0 Å². The van der Waals surface area contributed by atoms with Gasteiger partial charge in [-0.2, -0.15) is 0 Å². The second kappa shape index (κ2) is 8.47. The van der Waals surface area contributed by atoms with Gasteiger partial charge in [0.15, 0.2) is 0 Å². The zero-order valence-corrected chi connectivity index (χ0v) is 19.5. The average Bonchev–Trinajstić information content (AvgIpc) is 3.09. The first-order valence-electron chi connectivity index (χ1n) is 12.1. The molecule has 168 valence electrons. The summed E-state index contributed by atoms with van der Waals surface area (Å²) in [5.74, 6) is 1.92. The van der Waals surface area contributed by atoms with Crippen molar-refractivity contribution in [2.45, 2.75) is 58.3 Å². The van der Waals surface area contributed by atoms with Crippen molar-refractivity contribution >= 4 is 12.1 Å². The largest absolute Gasteiger partial charge is 0.350 e. The number of carbonyl (C=O) groups excluding carboxylic acids is 1. The SMILES string of the molecule is Cc1ccc(CN2CC3CC4(C(=O)NCc5ccccc5)N=CC3C2C4CC(C)C)cc1. The zero-order chi connectivity index (χ0) is 22.3. The molecule has 2 aromatic rings. The molecule has 0 spiro atoms. The van der Waals surface area contributed by atoms with Crippen LogP contribution in [0.5, 0.6) is 0 Å².